The van der Waals surface area contributed by atoms with Gasteiger partial charge in [0.1, 0.15) is 0 Å². The minimum atomic E-state index is -0.403. The Hall–Kier alpha value is -0.380. The van der Waals surface area contributed by atoms with E-state index in [0.717, 1.165) is 6.42 Å². The Labute approximate surface area is 60.5 Å². The summed E-state index contributed by atoms with van der Waals surface area (Å²) in [6.45, 7) is 2.59. The van der Waals surface area contributed by atoms with Gasteiger partial charge in [0.25, 0.3) is 0 Å². The molecule has 0 saturated carbocycles. The normalized spacial score (nSPS) is 8.78. The largest absolute Gasteiger partial charge is 0.452 e. The van der Waals surface area contributed by atoms with E-state index in [-0.39, 0.29) is 0 Å². The number of rotatable bonds is 2. The van der Waals surface area contributed by atoms with Crippen LogP contribution in [0.4, 0.5) is 4.79 Å². The Balaban J connectivity index is 3.45. The van der Waals surface area contributed by atoms with Crippen molar-refractivity contribution in [3.63, 3.8) is 0 Å². The van der Waals surface area contributed by atoms with Crippen molar-refractivity contribution >= 4 is 18.9 Å². The fraction of sp³-hybridized carbons (Fsp3) is 0.800. The van der Waals surface area contributed by atoms with Crippen molar-refractivity contribution in [3.05, 3.63) is 0 Å². The van der Waals surface area contributed by atoms with Crippen LogP contribution in [0, 0.1) is 0 Å². The highest BCUT2D eigenvalue weighted by atomic mass is 32.1. The Morgan fingerprint density at radius 2 is 2.33 bits per heavy atom. The zero-order chi connectivity index (χ0) is 7.28. The first-order chi connectivity index (χ1) is 4.22. The van der Waals surface area contributed by atoms with Crippen LogP contribution in [0.5, 0.6) is 0 Å². The summed E-state index contributed by atoms with van der Waals surface area (Å²) in [4.78, 5) is 10.5. The minimum absolute atomic E-state index is 0.403. The Morgan fingerprint density at radius 3 is 2.67 bits per heavy atom. The average molecular weight is 149 g/mol. The molecule has 0 radical (unpaired) electrons. The maximum absolute atomic E-state index is 10.5. The SMILES string of the molecule is CCCN(S)C(=O)OC. The molecule has 0 aliphatic rings. The average Bonchev–Trinajstić information content (AvgIpc) is 1.87. The van der Waals surface area contributed by atoms with Crippen molar-refractivity contribution in [1.29, 1.82) is 0 Å². The molecule has 0 atom stereocenters. The van der Waals surface area contributed by atoms with Gasteiger partial charge in [0.05, 0.1) is 7.11 Å². The second-order valence-electron chi connectivity index (χ2n) is 1.59. The second-order valence-corrected chi connectivity index (χ2v) is 2.08. The van der Waals surface area contributed by atoms with E-state index < -0.39 is 6.09 Å². The number of amides is 1. The summed E-state index contributed by atoms with van der Waals surface area (Å²) in [6, 6.07) is 0. The van der Waals surface area contributed by atoms with Crippen molar-refractivity contribution in [2.45, 2.75) is 13.3 Å². The summed E-state index contributed by atoms with van der Waals surface area (Å²) < 4.78 is 5.61. The molecular weight excluding hydrogens is 138 g/mol. The molecule has 0 aromatic rings. The van der Waals surface area contributed by atoms with Gasteiger partial charge in [-0.15, -0.1) is 0 Å². The van der Waals surface area contributed by atoms with Gasteiger partial charge in [-0.1, -0.05) is 19.7 Å². The van der Waals surface area contributed by atoms with Crippen molar-refractivity contribution < 1.29 is 9.53 Å². The number of hydrogen-bond acceptors (Lipinski definition) is 3. The topological polar surface area (TPSA) is 29.5 Å². The molecule has 0 rings (SSSR count). The van der Waals surface area contributed by atoms with E-state index in [4.69, 9.17) is 0 Å². The first kappa shape index (κ1) is 8.62. The molecule has 0 aliphatic heterocycles. The summed E-state index contributed by atoms with van der Waals surface area (Å²) in [5.41, 5.74) is 0. The molecule has 0 aromatic heterocycles. The first-order valence-corrected chi connectivity index (χ1v) is 3.16. The van der Waals surface area contributed by atoms with E-state index in [9.17, 15) is 4.79 Å². The molecule has 4 heteroatoms. The molecular formula is C5H11NO2S. The van der Waals surface area contributed by atoms with Crippen LogP contribution in [0.15, 0.2) is 0 Å². The van der Waals surface area contributed by atoms with Gasteiger partial charge in [0.15, 0.2) is 0 Å². The first-order valence-electron chi connectivity index (χ1n) is 2.76. The molecule has 1 amide bonds. The minimum Gasteiger partial charge on any atom is -0.452 e. The van der Waals surface area contributed by atoms with Crippen molar-refractivity contribution in [2.75, 3.05) is 13.7 Å². The van der Waals surface area contributed by atoms with Crippen molar-refractivity contribution in [2.24, 2.45) is 0 Å². The number of thiol groups is 1. The summed E-state index contributed by atoms with van der Waals surface area (Å²) in [5.74, 6) is 0. The highest BCUT2D eigenvalue weighted by Crippen LogP contribution is 1.97. The molecule has 0 bridgehead atoms. The van der Waals surface area contributed by atoms with Gasteiger partial charge in [-0.2, -0.15) is 0 Å². The number of carbonyl (C=O) groups is 1. The maximum Gasteiger partial charge on any atom is 0.419 e. The van der Waals surface area contributed by atoms with Gasteiger partial charge >= 0.3 is 6.09 Å². The highest BCUT2D eigenvalue weighted by molar-refractivity contribution is 7.78. The van der Waals surface area contributed by atoms with Gasteiger partial charge in [0, 0.05) is 6.54 Å². The Bertz CT molecular complexity index is 97.0. The van der Waals surface area contributed by atoms with E-state index in [0.29, 0.717) is 6.54 Å². The predicted octanol–water partition coefficient (Wildman–Crippen LogP) is 1.31. The van der Waals surface area contributed by atoms with E-state index in [2.05, 4.69) is 17.6 Å². The lowest BCUT2D eigenvalue weighted by Gasteiger charge is -2.11. The third-order valence-corrected chi connectivity index (χ3v) is 1.18. The number of carbonyl (C=O) groups excluding carboxylic acids is 1. The van der Waals surface area contributed by atoms with Crippen LogP contribution in [0.2, 0.25) is 0 Å². The molecule has 0 aliphatic carbocycles. The zero-order valence-corrected chi connectivity index (χ0v) is 6.52. The van der Waals surface area contributed by atoms with Gasteiger partial charge in [-0.05, 0) is 6.42 Å². The third kappa shape index (κ3) is 3.24. The van der Waals surface area contributed by atoms with Gasteiger partial charge in [0.2, 0.25) is 0 Å². The molecule has 9 heavy (non-hydrogen) atoms. The molecule has 0 aromatic carbocycles. The maximum atomic E-state index is 10.5. The summed E-state index contributed by atoms with van der Waals surface area (Å²) in [7, 11) is 1.33. The third-order valence-electron chi connectivity index (χ3n) is 0.821. The number of nitrogens with zero attached hydrogens (tertiary/aromatic N) is 1. The molecule has 54 valence electrons. The van der Waals surface area contributed by atoms with Crippen LogP contribution in [-0.2, 0) is 4.74 Å². The zero-order valence-electron chi connectivity index (χ0n) is 5.63. The lowest BCUT2D eigenvalue weighted by Crippen LogP contribution is -2.21. The molecule has 0 unspecified atom stereocenters. The fourth-order valence-electron chi connectivity index (χ4n) is 0.408. The van der Waals surface area contributed by atoms with E-state index >= 15 is 0 Å². The van der Waals surface area contributed by atoms with Crippen LogP contribution in [-0.4, -0.2) is 24.1 Å². The number of ether oxygens (including phenoxy) is 1. The van der Waals surface area contributed by atoms with Gasteiger partial charge in [-0.3, -0.25) is 4.31 Å². The standard InChI is InChI=1S/C5H11NO2S/c1-3-4-6(9)5(7)8-2/h9H,3-4H2,1-2H3. The van der Waals surface area contributed by atoms with E-state index in [1.54, 1.807) is 0 Å². The molecule has 0 N–H and O–H groups in total. The lowest BCUT2D eigenvalue weighted by molar-refractivity contribution is 0.152. The van der Waals surface area contributed by atoms with Crippen molar-refractivity contribution in [3.8, 4) is 0 Å². The van der Waals surface area contributed by atoms with Crippen LogP contribution in [0.1, 0.15) is 13.3 Å². The molecule has 0 saturated heterocycles. The van der Waals surface area contributed by atoms with E-state index in [1.165, 1.54) is 11.4 Å². The molecule has 0 spiro atoms. The summed E-state index contributed by atoms with van der Waals surface area (Å²) in [5, 5.41) is 0. The lowest BCUT2D eigenvalue weighted by atomic mass is 10.5. The van der Waals surface area contributed by atoms with Crippen LogP contribution >= 0.6 is 12.8 Å². The Kier molecular flexibility index (Phi) is 4.30. The molecule has 0 heterocycles. The van der Waals surface area contributed by atoms with Crippen LogP contribution in [0.3, 0.4) is 0 Å². The number of methoxy groups -OCH3 is 1. The number of hydrogen-bond donors (Lipinski definition) is 1. The Morgan fingerprint density at radius 1 is 1.78 bits per heavy atom. The van der Waals surface area contributed by atoms with Crippen LogP contribution < -0.4 is 0 Å². The fourth-order valence-corrected chi connectivity index (χ4v) is 0.690. The summed E-state index contributed by atoms with van der Waals surface area (Å²) >= 11 is 3.84. The highest BCUT2D eigenvalue weighted by Gasteiger charge is 2.05. The summed E-state index contributed by atoms with van der Waals surface area (Å²) in [6.07, 6.45) is 0.485. The van der Waals surface area contributed by atoms with E-state index in [1.807, 2.05) is 6.92 Å². The molecule has 0 fully saturated rings. The smallest absolute Gasteiger partial charge is 0.419 e. The monoisotopic (exact) mass is 149 g/mol. The van der Waals surface area contributed by atoms with Crippen LogP contribution in [0.25, 0.3) is 0 Å². The molecule has 3 nitrogen and oxygen atoms in total. The predicted molar refractivity (Wildman–Crippen MR) is 38.4 cm³/mol. The second kappa shape index (κ2) is 4.49. The quantitative estimate of drug-likeness (QED) is 0.600. The van der Waals surface area contributed by atoms with Gasteiger partial charge < -0.3 is 4.74 Å². The van der Waals surface area contributed by atoms with Gasteiger partial charge in [-0.25, -0.2) is 4.79 Å². The van der Waals surface area contributed by atoms with Crippen molar-refractivity contribution in [1.82, 2.24) is 4.31 Å².